The molecule has 0 amide bonds. The molecule has 0 bridgehead atoms. The average molecular weight is 264 g/mol. The number of benzene rings is 2. The maximum Gasteiger partial charge on any atom is 0.277 e. The molecular formula is C16H12N2O2. The van der Waals surface area contributed by atoms with Gasteiger partial charge in [0.05, 0.1) is 10.3 Å². The number of fused-ring (bicyclic) bond motifs is 1. The first-order chi connectivity index (χ1) is 9.75. The molecule has 0 saturated carbocycles. The van der Waals surface area contributed by atoms with Crippen molar-refractivity contribution in [2.45, 2.75) is 6.42 Å². The largest absolute Gasteiger partial charge is 0.277 e. The molecule has 0 saturated heterocycles. The Morgan fingerprint density at radius 1 is 0.950 bits per heavy atom. The van der Waals surface area contributed by atoms with Gasteiger partial charge in [-0.1, -0.05) is 24.3 Å². The van der Waals surface area contributed by atoms with Gasteiger partial charge < -0.3 is 0 Å². The third kappa shape index (κ3) is 2.23. The van der Waals surface area contributed by atoms with Crippen molar-refractivity contribution in [3.63, 3.8) is 0 Å². The molecule has 0 aliphatic heterocycles. The van der Waals surface area contributed by atoms with Gasteiger partial charge in [0, 0.05) is 18.5 Å². The molecule has 0 radical (unpaired) electrons. The second-order valence-electron chi connectivity index (χ2n) is 4.58. The van der Waals surface area contributed by atoms with Gasteiger partial charge >= 0.3 is 0 Å². The van der Waals surface area contributed by atoms with E-state index in [9.17, 15) is 10.1 Å². The summed E-state index contributed by atoms with van der Waals surface area (Å²) in [5.41, 5.74) is 2.37. The van der Waals surface area contributed by atoms with Crippen LogP contribution in [0.2, 0.25) is 0 Å². The summed E-state index contributed by atoms with van der Waals surface area (Å²) in [6.07, 6.45) is 4.24. The summed E-state index contributed by atoms with van der Waals surface area (Å²) in [5.74, 6) is 0. The molecule has 4 nitrogen and oxygen atoms in total. The van der Waals surface area contributed by atoms with E-state index in [2.05, 4.69) is 4.98 Å². The highest BCUT2D eigenvalue weighted by molar-refractivity contribution is 5.93. The van der Waals surface area contributed by atoms with E-state index in [1.165, 1.54) is 0 Å². The third-order valence-corrected chi connectivity index (χ3v) is 3.33. The Hall–Kier alpha value is -2.75. The van der Waals surface area contributed by atoms with Gasteiger partial charge in [0.1, 0.15) is 0 Å². The number of hydrogen-bond acceptors (Lipinski definition) is 3. The van der Waals surface area contributed by atoms with Crippen LogP contribution >= 0.6 is 0 Å². The minimum absolute atomic E-state index is 0.152. The Morgan fingerprint density at radius 3 is 2.35 bits per heavy atom. The van der Waals surface area contributed by atoms with Crippen molar-refractivity contribution < 1.29 is 4.92 Å². The summed E-state index contributed by atoms with van der Waals surface area (Å²) in [5, 5.41) is 12.7. The highest BCUT2D eigenvalue weighted by Gasteiger charge is 2.13. The maximum absolute atomic E-state index is 11.1. The average Bonchev–Trinajstić information content (AvgIpc) is 2.48. The zero-order chi connectivity index (χ0) is 13.9. The van der Waals surface area contributed by atoms with Crippen molar-refractivity contribution >= 4 is 16.5 Å². The molecule has 4 heteroatoms. The second kappa shape index (κ2) is 5.09. The number of nitro benzene ring substituents is 1. The zero-order valence-corrected chi connectivity index (χ0v) is 10.7. The van der Waals surface area contributed by atoms with Gasteiger partial charge in [0.2, 0.25) is 0 Å². The van der Waals surface area contributed by atoms with Gasteiger partial charge in [-0.15, -0.1) is 0 Å². The van der Waals surface area contributed by atoms with Crippen molar-refractivity contribution in [1.82, 2.24) is 4.98 Å². The molecule has 0 fully saturated rings. The number of rotatable bonds is 3. The molecule has 0 atom stereocenters. The van der Waals surface area contributed by atoms with Crippen LogP contribution in [-0.2, 0) is 6.42 Å². The minimum atomic E-state index is -0.335. The molecule has 0 aliphatic carbocycles. The molecule has 3 aromatic rings. The van der Waals surface area contributed by atoms with Crippen LogP contribution in [0, 0.1) is 10.1 Å². The molecule has 98 valence electrons. The summed E-state index contributed by atoms with van der Waals surface area (Å²) in [6, 6.07) is 14.8. The van der Waals surface area contributed by atoms with Crippen LogP contribution in [0.5, 0.6) is 0 Å². The molecule has 0 N–H and O–H groups in total. The Labute approximate surface area is 115 Å². The zero-order valence-electron chi connectivity index (χ0n) is 10.7. The highest BCUT2D eigenvalue weighted by Crippen LogP contribution is 2.29. The van der Waals surface area contributed by atoms with Crippen molar-refractivity contribution in [1.29, 1.82) is 0 Å². The van der Waals surface area contributed by atoms with Crippen molar-refractivity contribution in [2.75, 3.05) is 0 Å². The van der Waals surface area contributed by atoms with E-state index in [1.807, 2.05) is 36.4 Å². The molecular weight excluding hydrogens is 252 g/mol. The van der Waals surface area contributed by atoms with E-state index in [0.717, 1.165) is 22.9 Å². The first-order valence-electron chi connectivity index (χ1n) is 6.29. The SMILES string of the molecule is O=[N+]([O-])c1ccc(Cc2ccncc2)c2ccccc12. The van der Waals surface area contributed by atoms with Crippen LogP contribution in [-0.4, -0.2) is 9.91 Å². The lowest BCUT2D eigenvalue weighted by molar-refractivity contribution is -0.383. The molecule has 2 aromatic carbocycles. The van der Waals surface area contributed by atoms with Crippen molar-refractivity contribution in [3.05, 3.63) is 82.2 Å². The number of non-ortho nitro benzene ring substituents is 1. The molecule has 20 heavy (non-hydrogen) atoms. The quantitative estimate of drug-likeness (QED) is 0.535. The predicted molar refractivity (Wildman–Crippen MR) is 77.6 cm³/mol. The van der Waals surface area contributed by atoms with Crippen LogP contribution in [0.25, 0.3) is 10.8 Å². The van der Waals surface area contributed by atoms with Crippen LogP contribution in [0.1, 0.15) is 11.1 Å². The minimum Gasteiger partial charge on any atom is -0.265 e. The summed E-state index contributed by atoms with van der Waals surface area (Å²) in [7, 11) is 0. The van der Waals surface area contributed by atoms with Gasteiger partial charge in [-0.05, 0) is 41.1 Å². The fourth-order valence-electron chi connectivity index (χ4n) is 2.38. The van der Waals surface area contributed by atoms with Gasteiger partial charge in [-0.3, -0.25) is 15.1 Å². The number of pyridine rings is 1. The van der Waals surface area contributed by atoms with E-state index in [4.69, 9.17) is 0 Å². The highest BCUT2D eigenvalue weighted by atomic mass is 16.6. The summed E-state index contributed by atoms with van der Waals surface area (Å²) in [6.45, 7) is 0. The van der Waals surface area contributed by atoms with Gasteiger partial charge in [-0.25, -0.2) is 0 Å². The molecule has 3 rings (SSSR count). The van der Waals surface area contributed by atoms with E-state index >= 15 is 0 Å². The fourth-order valence-corrected chi connectivity index (χ4v) is 2.38. The summed E-state index contributed by atoms with van der Waals surface area (Å²) in [4.78, 5) is 14.7. The Morgan fingerprint density at radius 2 is 1.65 bits per heavy atom. The predicted octanol–water partition coefficient (Wildman–Crippen LogP) is 3.73. The molecule has 1 heterocycles. The number of aromatic nitrogens is 1. The maximum atomic E-state index is 11.1. The second-order valence-corrected chi connectivity index (χ2v) is 4.58. The van der Waals surface area contributed by atoms with Crippen molar-refractivity contribution in [2.24, 2.45) is 0 Å². The lowest BCUT2D eigenvalue weighted by Crippen LogP contribution is -1.94. The van der Waals surface area contributed by atoms with Crippen LogP contribution < -0.4 is 0 Å². The van der Waals surface area contributed by atoms with E-state index in [1.54, 1.807) is 24.5 Å². The number of hydrogen-bond donors (Lipinski definition) is 0. The first-order valence-corrected chi connectivity index (χ1v) is 6.29. The van der Waals surface area contributed by atoms with Gasteiger partial charge in [0.25, 0.3) is 5.69 Å². The normalized spacial score (nSPS) is 10.6. The lowest BCUT2D eigenvalue weighted by atomic mass is 9.98. The fraction of sp³-hybridized carbons (Fsp3) is 0.0625. The summed E-state index contributed by atoms with van der Waals surface area (Å²) >= 11 is 0. The van der Waals surface area contributed by atoms with E-state index < -0.39 is 0 Å². The van der Waals surface area contributed by atoms with Crippen molar-refractivity contribution in [3.8, 4) is 0 Å². The Bertz CT molecular complexity index is 770. The van der Waals surface area contributed by atoms with Gasteiger partial charge in [0.15, 0.2) is 0 Å². The first kappa shape index (κ1) is 12.3. The molecule has 0 unspecified atom stereocenters. The van der Waals surface area contributed by atoms with Crippen LogP contribution in [0.4, 0.5) is 5.69 Å². The van der Waals surface area contributed by atoms with Crippen LogP contribution in [0.15, 0.2) is 60.9 Å². The van der Waals surface area contributed by atoms with Crippen LogP contribution in [0.3, 0.4) is 0 Å². The summed E-state index contributed by atoms with van der Waals surface area (Å²) < 4.78 is 0. The lowest BCUT2D eigenvalue weighted by Gasteiger charge is -2.07. The smallest absolute Gasteiger partial charge is 0.265 e. The third-order valence-electron chi connectivity index (χ3n) is 3.33. The number of nitrogens with zero attached hydrogens (tertiary/aromatic N) is 2. The molecule has 0 spiro atoms. The topological polar surface area (TPSA) is 56.0 Å². The van der Waals surface area contributed by atoms with E-state index in [0.29, 0.717) is 5.39 Å². The Balaban J connectivity index is 2.13. The standard InChI is InChI=1S/C16H12N2O2/c19-18(20)16-6-5-13(11-12-7-9-17-10-8-12)14-3-1-2-4-15(14)16/h1-10H,11H2. The molecule has 0 aliphatic rings. The van der Waals surface area contributed by atoms with Gasteiger partial charge in [-0.2, -0.15) is 0 Å². The monoisotopic (exact) mass is 264 g/mol. The Kier molecular flexibility index (Phi) is 3.13. The van der Waals surface area contributed by atoms with E-state index in [-0.39, 0.29) is 10.6 Å². The number of nitro groups is 1. The molecule has 1 aromatic heterocycles.